The van der Waals surface area contributed by atoms with E-state index in [2.05, 4.69) is 15.3 Å². The number of aliphatic hydroxyl groups excluding tert-OH is 1. The molecule has 0 saturated heterocycles. The van der Waals surface area contributed by atoms with Gasteiger partial charge < -0.3 is 10.4 Å². The van der Waals surface area contributed by atoms with E-state index in [0.717, 1.165) is 0 Å². The van der Waals surface area contributed by atoms with Crippen LogP contribution < -0.4 is 5.32 Å². The number of aromatic nitrogens is 2. The van der Waals surface area contributed by atoms with Crippen molar-refractivity contribution in [2.24, 2.45) is 0 Å². The monoisotopic (exact) mass is 187 g/mol. The van der Waals surface area contributed by atoms with Gasteiger partial charge in [-0.05, 0) is 0 Å². The van der Waals surface area contributed by atoms with Crippen LogP contribution in [0.3, 0.4) is 0 Å². The second-order valence-electron chi connectivity index (χ2n) is 1.92. The van der Waals surface area contributed by atoms with Crippen molar-refractivity contribution in [2.75, 3.05) is 0 Å². The number of nitrogens with one attached hydrogen (secondary N) is 1. The molecule has 0 saturated carbocycles. The first-order valence-corrected chi connectivity index (χ1v) is 3.47. The normalized spacial score (nSPS) is 12.2. The summed E-state index contributed by atoms with van der Waals surface area (Å²) in [5.41, 5.74) is 0.131. The van der Waals surface area contributed by atoms with E-state index in [4.69, 9.17) is 11.6 Å². The molecule has 1 aromatic rings. The van der Waals surface area contributed by atoms with Crippen LogP contribution in [-0.2, 0) is 4.79 Å². The van der Waals surface area contributed by atoms with Gasteiger partial charge >= 0.3 is 0 Å². The molecule has 64 valence electrons. The molecule has 5 nitrogen and oxygen atoms in total. The standard InChI is InChI=1S/C6H6ClN3O2/c7-5-4(6(12)10-3-11)8-1-2-9-5/h1-3,6,12H,(H,10,11). The molecule has 1 rings (SSSR count). The van der Waals surface area contributed by atoms with Gasteiger partial charge in [0.1, 0.15) is 5.69 Å². The number of rotatable bonds is 3. The zero-order chi connectivity index (χ0) is 8.97. The van der Waals surface area contributed by atoms with E-state index >= 15 is 0 Å². The Kier molecular flexibility index (Phi) is 2.95. The molecule has 1 amide bonds. The van der Waals surface area contributed by atoms with E-state index in [1.807, 2.05) is 0 Å². The lowest BCUT2D eigenvalue weighted by atomic mass is 10.4. The number of amides is 1. The molecule has 0 aliphatic carbocycles. The van der Waals surface area contributed by atoms with Gasteiger partial charge in [0.15, 0.2) is 11.4 Å². The third kappa shape index (κ3) is 1.90. The lowest BCUT2D eigenvalue weighted by Crippen LogP contribution is -2.20. The fourth-order valence-electron chi connectivity index (χ4n) is 0.659. The summed E-state index contributed by atoms with van der Waals surface area (Å²) in [6, 6.07) is 0. The van der Waals surface area contributed by atoms with Crippen LogP contribution in [0.15, 0.2) is 12.4 Å². The molecule has 0 aliphatic heterocycles. The Morgan fingerprint density at radius 2 is 2.25 bits per heavy atom. The number of carbonyl (C=O) groups excluding carboxylic acids is 1. The molecule has 12 heavy (non-hydrogen) atoms. The highest BCUT2D eigenvalue weighted by Gasteiger charge is 2.11. The summed E-state index contributed by atoms with van der Waals surface area (Å²) in [5.74, 6) is 0. The Labute approximate surface area is 73.4 Å². The van der Waals surface area contributed by atoms with Gasteiger partial charge in [-0.15, -0.1) is 0 Å². The van der Waals surface area contributed by atoms with Gasteiger partial charge in [-0.2, -0.15) is 0 Å². The summed E-state index contributed by atoms with van der Waals surface area (Å²) in [6.45, 7) is 0. The Balaban J connectivity index is 2.86. The van der Waals surface area contributed by atoms with Gasteiger partial charge in [0, 0.05) is 12.4 Å². The average Bonchev–Trinajstić information content (AvgIpc) is 2.05. The van der Waals surface area contributed by atoms with E-state index in [0.29, 0.717) is 6.41 Å². The number of carbonyl (C=O) groups is 1. The van der Waals surface area contributed by atoms with Gasteiger partial charge in [0.25, 0.3) is 0 Å². The van der Waals surface area contributed by atoms with Crippen molar-refractivity contribution in [3.63, 3.8) is 0 Å². The minimum Gasteiger partial charge on any atom is -0.368 e. The van der Waals surface area contributed by atoms with Crippen LogP contribution in [0.25, 0.3) is 0 Å². The molecule has 0 spiro atoms. The number of hydrogen-bond acceptors (Lipinski definition) is 4. The van der Waals surface area contributed by atoms with E-state index in [1.165, 1.54) is 12.4 Å². The molecule has 0 radical (unpaired) electrons. The van der Waals surface area contributed by atoms with Gasteiger partial charge in [0.05, 0.1) is 0 Å². The third-order valence-electron chi connectivity index (χ3n) is 1.16. The molecule has 1 heterocycles. The Morgan fingerprint density at radius 1 is 1.58 bits per heavy atom. The van der Waals surface area contributed by atoms with E-state index < -0.39 is 6.23 Å². The van der Waals surface area contributed by atoms with Crippen molar-refractivity contribution >= 4 is 18.0 Å². The summed E-state index contributed by atoms with van der Waals surface area (Å²) in [5, 5.41) is 11.3. The molecule has 0 aliphatic rings. The molecule has 0 aromatic carbocycles. The first-order chi connectivity index (χ1) is 5.75. The Bertz CT molecular complexity index is 281. The molecule has 0 bridgehead atoms. The van der Waals surface area contributed by atoms with Crippen molar-refractivity contribution in [3.05, 3.63) is 23.2 Å². The smallest absolute Gasteiger partial charge is 0.209 e. The Morgan fingerprint density at radius 3 is 2.83 bits per heavy atom. The zero-order valence-electron chi connectivity index (χ0n) is 5.94. The fourth-order valence-corrected chi connectivity index (χ4v) is 0.867. The molecule has 1 unspecified atom stereocenters. The zero-order valence-corrected chi connectivity index (χ0v) is 6.69. The van der Waals surface area contributed by atoms with Crippen molar-refractivity contribution < 1.29 is 9.90 Å². The van der Waals surface area contributed by atoms with Crippen molar-refractivity contribution in [1.82, 2.24) is 15.3 Å². The number of nitrogens with zero attached hydrogens (tertiary/aromatic N) is 2. The average molecular weight is 188 g/mol. The molecular weight excluding hydrogens is 182 g/mol. The molecule has 6 heteroatoms. The predicted octanol–water partition coefficient (Wildman–Crippen LogP) is -0.133. The molecular formula is C6H6ClN3O2. The van der Waals surface area contributed by atoms with Gasteiger partial charge in [-0.25, -0.2) is 4.98 Å². The molecule has 1 atom stereocenters. The van der Waals surface area contributed by atoms with E-state index in [9.17, 15) is 9.90 Å². The first-order valence-electron chi connectivity index (χ1n) is 3.10. The molecule has 0 fully saturated rings. The third-order valence-corrected chi connectivity index (χ3v) is 1.46. The highest BCUT2D eigenvalue weighted by molar-refractivity contribution is 6.30. The quantitative estimate of drug-likeness (QED) is 0.511. The number of aliphatic hydroxyl groups is 1. The minimum atomic E-state index is -1.20. The number of halogens is 1. The molecule has 1 aromatic heterocycles. The van der Waals surface area contributed by atoms with Crippen LogP contribution in [0.4, 0.5) is 0 Å². The van der Waals surface area contributed by atoms with Gasteiger partial charge in [-0.1, -0.05) is 11.6 Å². The van der Waals surface area contributed by atoms with Gasteiger partial charge in [-0.3, -0.25) is 9.78 Å². The number of hydrogen-bond donors (Lipinski definition) is 2. The van der Waals surface area contributed by atoms with Crippen LogP contribution in [0, 0.1) is 0 Å². The van der Waals surface area contributed by atoms with E-state index in [1.54, 1.807) is 0 Å². The maximum atomic E-state index is 9.94. The highest BCUT2D eigenvalue weighted by Crippen LogP contribution is 2.14. The Hall–Kier alpha value is -1.20. The van der Waals surface area contributed by atoms with Crippen molar-refractivity contribution in [3.8, 4) is 0 Å². The second kappa shape index (κ2) is 3.99. The van der Waals surface area contributed by atoms with Crippen molar-refractivity contribution in [2.45, 2.75) is 6.23 Å². The molecule has 2 N–H and O–H groups in total. The first kappa shape index (κ1) is 8.89. The highest BCUT2D eigenvalue weighted by atomic mass is 35.5. The predicted molar refractivity (Wildman–Crippen MR) is 41.2 cm³/mol. The second-order valence-corrected chi connectivity index (χ2v) is 2.28. The lowest BCUT2D eigenvalue weighted by molar-refractivity contribution is -0.112. The van der Waals surface area contributed by atoms with Crippen molar-refractivity contribution in [1.29, 1.82) is 0 Å². The summed E-state index contributed by atoms with van der Waals surface area (Å²) in [6.07, 6.45) is 1.91. The maximum absolute atomic E-state index is 9.94. The summed E-state index contributed by atoms with van der Waals surface area (Å²) < 4.78 is 0. The fraction of sp³-hybridized carbons (Fsp3) is 0.167. The summed E-state index contributed by atoms with van der Waals surface area (Å²) >= 11 is 5.57. The van der Waals surface area contributed by atoms with Crippen LogP contribution in [-0.4, -0.2) is 21.5 Å². The van der Waals surface area contributed by atoms with Crippen LogP contribution in [0.1, 0.15) is 11.9 Å². The van der Waals surface area contributed by atoms with Crippen LogP contribution >= 0.6 is 11.6 Å². The van der Waals surface area contributed by atoms with E-state index in [-0.39, 0.29) is 10.8 Å². The SMILES string of the molecule is O=CNC(O)c1nccnc1Cl. The van der Waals surface area contributed by atoms with Crippen LogP contribution in [0.2, 0.25) is 5.15 Å². The van der Waals surface area contributed by atoms with Crippen LogP contribution in [0.5, 0.6) is 0 Å². The lowest BCUT2D eigenvalue weighted by Gasteiger charge is -2.07. The topological polar surface area (TPSA) is 75.1 Å². The maximum Gasteiger partial charge on any atom is 0.209 e. The largest absolute Gasteiger partial charge is 0.368 e. The summed E-state index contributed by atoms with van der Waals surface area (Å²) in [7, 11) is 0. The minimum absolute atomic E-state index is 0.0688. The van der Waals surface area contributed by atoms with Gasteiger partial charge in [0.2, 0.25) is 6.41 Å². The summed E-state index contributed by atoms with van der Waals surface area (Å²) in [4.78, 5) is 17.3.